The van der Waals surface area contributed by atoms with Gasteiger partial charge in [0.1, 0.15) is 5.82 Å². The predicted octanol–water partition coefficient (Wildman–Crippen LogP) is 4.51. The number of aromatic nitrogens is 3. The third-order valence-electron chi connectivity index (χ3n) is 5.10. The van der Waals surface area contributed by atoms with Crippen molar-refractivity contribution < 1.29 is 14.0 Å². The van der Waals surface area contributed by atoms with Crippen LogP contribution in [0.15, 0.2) is 41.6 Å². The largest absolute Gasteiger partial charge is 0.346 e. The highest BCUT2D eigenvalue weighted by atomic mass is 32.2. The van der Waals surface area contributed by atoms with Gasteiger partial charge < -0.3 is 15.2 Å². The molecule has 9 heteroatoms. The van der Waals surface area contributed by atoms with Crippen LogP contribution in [0.4, 0.5) is 10.1 Å². The zero-order chi connectivity index (χ0) is 24.8. The monoisotopic (exact) mass is 483 g/mol. The molecule has 0 saturated heterocycles. The average Bonchev–Trinajstić information content (AvgIpc) is 3.15. The maximum absolute atomic E-state index is 14.3. The van der Waals surface area contributed by atoms with Gasteiger partial charge in [0.25, 0.3) is 0 Å². The molecule has 0 saturated carbocycles. The summed E-state index contributed by atoms with van der Waals surface area (Å²) in [6.07, 6.45) is 0. The van der Waals surface area contributed by atoms with Crippen LogP contribution in [0.25, 0.3) is 11.4 Å². The van der Waals surface area contributed by atoms with E-state index < -0.39 is 0 Å². The average molecular weight is 484 g/mol. The number of nitrogens with zero attached hydrogens (tertiary/aromatic N) is 3. The zero-order valence-corrected chi connectivity index (χ0v) is 20.9. The molecule has 0 aliphatic heterocycles. The van der Waals surface area contributed by atoms with Crippen LogP contribution in [0.3, 0.4) is 0 Å². The quantitative estimate of drug-likeness (QED) is 0.437. The van der Waals surface area contributed by atoms with E-state index >= 15 is 0 Å². The van der Waals surface area contributed by atoms with Crippen LogP contribution in [0.2, 0.25) is 0 Å². The van der Waals surface area contributed by atoms with Crippen LogP contribution in [0.1, 0.15) is 30.5 Å². The maximum Gasteiger partial charge on any atom is 0.243 e. The molecular weight excluding hydrogens is 453 g/mol. The number of thioether (sulfide) groups is 1. The highest BCUT2D eigenvalue weighted by molar-refractivity contribution is 7.99. The van der Waals surface area contributed by atoms with E-state index in [9.17, 15) is 14.0 Å². The second-order valence-electron chi connectivity index (χ2n) is 8.68. The third-order valence-corrected chi connectivity index (χ3v) is 6.07. The fraction of sp³-hybridized carbons (Fsp3) is 0.360. The van der Waals surface area contributed by atoms with Crippen molar-refractivity contribution in [3.8, 4) is 11.4 Å². The molecule has 0 unspecified atom stereocenters. The Labute approximate surface area is 203 Å². The number of nitrogens with one attached hydrogen (secondary N) is 2. The third kappa shape index (κ3) is 6.44. The zero-order valence-electron chi connectivity index (χ0n) is 20.1. The molecule has 0 radical (unpaired) electrons. The number of aryl methyl sites for hydroxylation is 3. The lowest BCUT2D eigenvalue weighted by Crippen LogP contribution is -2.34. The van der Waals surface area contributed by atoms with Gasteiger partial charge in [-0.25, -0.2) is 4.39 Å². The first-order chi connectivity index (χ1) is 16.2. The molecule has 7 nitrogen and oxygen atoms in total. The molecule has 1 aromatic heterocycles. The van der Waals surface area contributed by atoms with Gasteiger partial charge in [-0.1, -0.05) is 55.4 Å². The first-order valence-corrected chi connectivity index (χ1v) is 12.1. The van der Waals surface area contributed by atoms with E-state index in [1.807, 2.05) is 51.3 Å². The van der Waals surface area contributed by atoms with Crippen LogP contribution in [-0.2, 0) is 16.1 Å². The Balaban J connectivity index is 1.60. The molecule has 0 atom stereocenters. The van der Waals surface area contributed by atoms with Crippen molar-refractivity contribution in [3.63, 3.8) is 0 Å². The van der Waals surface area contributed by atoms with Gasteiger partial charge in [-0.2, -0.15) is 0 Å². The number of benzene rings is 2. The van der Waals surface area contributed by atoms with Crippen molar-refractivity contribution in [3.05, 3.63) is 58.9 Å². The summed E-state index contributed by atoms with van der Waals surface area (Å²) in [5.41, 5.74) is 4.21. The summed E-state index contributed by atoms with van der Waals surface area (Å²) in [6.45, 7) is 10.4. The van der Waals surface area contributed by atoms with Crippen LogP contribution in [-0.4, -0.2) is 38.9 Å². The number of hydrogen-bond acceptors (Lipinski definition) is 5. The molecule has 1 heterocycles. The van der Waals surface area contributed by atoms with E-state index in [1.165, 1.54) is 17.8 Å². The first kappa shape index (κ1) is 25.4. The molecule has 2 amide bonds. The van der Waals surface area contributed by atoms with Gasteiger partial charge in [0.2, 0.25) is 11.8 Å². The van der Waals surface area contributed by atoms with Crippen LogP contribution in [0, 0.1) is 32.5 Å². The summed E-state index contributed by atoms with van der Waals surface area (Å²) in [5.74, 6) is -0.213. The Morgan fingerprint density at radius 1 is 1.06 bits per heavy atom. The summed E-state index contributed by atoms with van der Waals surface area (Å²) in [5, 5.41) is 14.4. The van der Waals surface area contributed by atoms with Gasteiger partial charge in [-0.15, -0.1) is 10.2 Å². The van der Waals surface area contributed by atoms with Crippen molar-refractivity contribution >= 4 is 29.3 Å². The van der Waals surface area contributed by atoms with E-state index in [1.54, 1.807) is 18.2 Å². The van der Waals surface area contributed by atoms with Crippen LogP contribution in [0.5, 0.6) is 0 Å². The van der Waals surface area contributed by atoms with Crippen molar-refractivity contribution in [2.75, 3.05) is 17.6 Å². The number of anilines is 1. The number of halogens is 1. The Kier molecular flexibility index (Phi) is 8.44. The number of amides is 2. The van der Waals surface area contributed by atoms with Crippen LogP contribution < -0.4 is 10.6 Å². The van der Waals surface area contributed by atoms with E-state index in [0.29, 0.717) is 23.1 Å². The second-order valence-corrected chi connectivity index (χ2v) is 9.62. The SMILES string of the molecule is Cc1cc(C)c(NC(=O)CNC(=O)CSc2nnc(-c3ccccc3F)n2CC(C)C)c(C)c1. The molecule has 3 rings (SSSR count). The molecule has 0 spiro atoms. The first-order valence-electron chi connectivity index (χ1n) is 11.1. The van der Waals surface area contributed by atoms with Crippen molar-refractivity contribution in [1.29, 1.82) is 0 Å². The predicted molar refractivity (Wildman–Crippen MR) is 133 cm³/mol. The molecule has 0 aliphatic rings. The van der Waals surface area contributed by atoms with E-state index in [4.69, 9.17) is 0 Å². The minimum Gasteiger partial charge on any atom is -0.346 e. The number of rotatable bonds is 9. The van der Waals surface area contributed by atoms with Gasteiger partial charge in [0.05, 0.1) is 17.9 Å². The second kappa shape index (κ2) is 11.3. The fourth-order valence-electron chi connectivity index (χ4n) is 3.69. The maximum atomic E-state index is 14.3. The summed E-state index contributed by atoms with van der Waals surface area (Å²) >= 11 is 1.20. The fourth-order valence-corrected chi connectivity index (χ4v) is 4.47. The molecule has 180 valence electrons. The molecule has 3 aromatic rings. The summed E-state index contributed by atoms with van der Waals surface area (Å²) in [7, 11) is 0. The Morgan fingerprint density at radius 2 is 1.74 bits per heavy atom. The molecule has 2 aromatic carbocycles. The highest BCUT2D eigenvalue weighted by Crippen LogP contribution is 2.27. The van der Waals surface area contributed by atoms with E-state index in [0.717, 1.165) is 22.4 Å². The standard InChI is InChI=1S/C25H30FN5O2S/c1-15(2)13-31-24(19-8-6-7-9-20(19)26)29-30-25(31)34-14-22(33)27-12-21(32)28-23-17(4)10-16(3)11-18(23)5/h6-11,15H,12-14H2,1-5H3,(H,27,33)(H,28,32). The van der Waals surface area contributed by atoms with E-state index in [-0.39, 0.29) is 35.8 Å². The van der Waals surface area contributed by atoms with E-state index in [2.05, 4.69) is 20.8 Å². The smallest absolute Gasteiger partial charge is 0.243 e. The van der Waals surface area contributed by atoms with Crippen molar-refractivity contribution in [2.45, 2.75) is 46.3 Å². The topological polar surface area (TPSA) is 88.9 Å². The molecular formula is C25H30FN5O2S. The van der Waals surface area contributed by atoms with Gasteiger partial charge in [0, 0.05) is 12.2 Å². The lowest BCUT2D eigenvalue weighted by molar-refractivity contribution is -0.122. The van der Waals surface area contributed by atoms with Gasteiger partial charge in [-0.05, 0) is 49.9 Å². The Morgan fingerprint density at radius 3 is 2.38 bits per heavy atom. The summed E-state index contributed by atoms with van der Waals surface area (Å²) < 4.78 is 16.2. The van der Waals surface area contributed by atoms with Crippen molar-refractivity contribution in [1.82, 2.24) is 20.1 Å². The summed E-state index contributed by atoms with van der Waals surface area (Å²) in [6, 6.07) is 10.4. The normalized spacial score (nSPS) is 11.0. The molecule has 34 heavy (non-hydrogen) atoms. The van der Waals surface area contributed by atoms with Gasteiger partial charge in [-0.3, -0.25) is 9.59 Å². The van der Waals surface area contributed by atoms with Gasteiger partial charge in [0.15, 0.2) is 11.0 Å². The summed E-state index contributed by atoms with van der Waals surface area (Å²) in [4.78, 5) is 24.7. The Hall–Kier alpha value is -3.20. The minimum atomic E-state index is -0.376. The molecule has 0 aliphatic carbocycles. The lowest BCUT2D eigenvalue weighted by Gasteiger charge is -2.14. The molecule has 2 N–H and O–H groups in total. The van der Waals surface area contributed by atoms with Crippen molar-refractivity contribution in [2.24, 2.45) is 5.92 Å². The number of carbonyl (C=O) groups excluding carboxylic acids is 2. The number of carbonyl (C=O) groups is 2. The Bertz CT molecular complexity index is 1170. The van der Waals surface area contributed by atoms with Crippen LogP contribution >= 0.6 is 11.8 Å². The van der Waals surface area contributed by atoms with Gasteiger partial charge >= 0.3 is 0 Å². The lowest BCUT2D eigenvalue weighted by atomic mass is 10.1. The number of hydrogen-bond donors (Lipinski definition) is 2. The molecule has 0 bridgehead atoms. The molecule has 0 fully saturated rings. The highest BCUT2D eigenvalue weighted by Gasteiger charge is 2.19. The minimum absolute atomic E-state index is 0.0589.